The Bertz CT molecular complexity index is 264. The molecule has 0 rings (SSSR count). The average molecular weight is 244 g/mol. The van der Waals surface area contributed by atoms with E-state index in [0.717, 1.165) is 0 Å². The van der Waals surface area contributed by atoms with Crippen LogP contribution in [-0.2, 0) is 9.59 Å². The number of aliphatic carboxylic acids is 1. The minimum atomic E-state index is -0.993. The number of nitrogens with two attached hydrogens (primary N) is 1. The highest BCUT2D eigenvalue weighted by Crippen LogP contribution is 2.15. The number of carbonyl (C=O) groups excluding carboxylic acids is 1. The minimum Gasteiger partial charge on any atom is -0.480 e. The van der Waals surface area contributed by atoms with Crippen molar-refractivity contribution in [1.82, 2.24) is 4.90 Å². The normalized spacial score (nSPS) is 12.9. The monoisotopic (exact) mass is 244 g/mol. The van der Waals surface area contributed by atoms with Crippen molar-refractivity contribution in [2.24, 2.45) is 17.6 Å². The van der Waals surface area contributed by atoms with Crippen LogP contribution in [0.25, 0.3) is 0 Å². The number of hydrogen-bond acceptors (Lipinski definition) is 3. The first-order valence-corrected chi connectivity index (χ1v) is 6.01. The molecule has 3 N–H and O–H groups in total. The largest absolute Gasteiger partial charge is 0.480 e. The van der Waals surface area contributed by atoms with Crippen LogP contribution in [-0.4, -0.2) is 41.0 Å². The Morgan fingerprint density at radius 2 is 1.76 bits per heavy atom. The van der Waals surface area contributed by atoms with Crippen molar-refractivity contribution in [3.8, 4) is 0 Å². The molecule has 0 aromatic carbocycles. The molecule has 0 aromatic heterocycles. The Morgan fingerprint density at radius 1 is 1.24 bits per heavy atom. The first-order chi connectivity index (χ1) is 7.79. The zero-order valence-corrected chi connectivity index (χ0v) is 11.1. The molecule has 0 heterocycles. The molecule has 0 aromatic rings. The molecule has 17 heavy (non-hydrogen) atoms. The molecule has 5 nitrogen and oxygen atoms in total. The van der Waals surface area contributed by atoms with E-state index in [0.29, 0.717) is 12.3 Å². The predicted molar refractivity (Wildman–Crippen MR) is 66.5 cm³/mol. The number of rotatable bonds is 7. The molecule has 1 atom stereocenters. The summed E-state index contributed by atoms with van der Waals surface area (Å²) in [4.78, 5) is 24.3. The van der Waals surface area contributed by atoms with Crippen molar-refractivity contribution in [3.63, 3.8) is 0 Å². The van der Waals surface area contributed by atoms with Gasteiger partial charge in [0.15, 0.2) is 0 Å². The van der Waals surface area contributed by atoms with Gasteiger partial charge in [-0.15, -0.1) is 0 Å². The second kappa shape index (κ2) is 7.27. The number of hydrogen-bond donors (Lipinski definition) is 2. The van der Waals surface area contributed by atoms with Crippen LogP contribution in [0.2, 0.25) is 0 Å². The number of amides is 1. The highest BCUT2D eigenvalue weighted by molar-refractivity contribution is 5.83. The lowest BCUT2D eigenvalue weighted by atomic mass is 9.95. The molecule has 0 aliphatic rings. The van der Waals surface area contributed by atoms with Gasteiger partial charge in [-0.1, -0.05) is 13.8 Å². The van der Waals surface area contributed by atoms with Gasteiger partial charge in [-0.25, -0.2) is 0 Å². The Labute approximate surface area is 103 Å². The molecule has 0 bridgehead atoms. The summed E-state index contributed by atoms with van der Waals surface area (Å²) in [5.74, 6) is -1.06. The zero-order chi connectivity index (χ0) is 13.6. The van der Waals surface area contributed by atoms with Gasteiger partial charge in [-0.2, -0.15) is 0 Å². The van der Waals surface area contributed by atoms with E-state index >= 15 is 0 Å². The van der Waals surface area contributed by atoms with E-state index in [-0.39, 0.29) is 31.0 Å². The van der Waals surface area contributed by atoms with Crippen LogP contribution in [0, 0.1) is 11.8 Å². The third-order valence-corrected chi connectivity index (χ3v) is 2.60. The first kappa shape index (κ1) is 15.9. The molecular formula is C12H24N2O3. The van der Waals surface area contributed by atoms with Crippen molar-refractivity contribution >= 4 is 11.9 Å². The maximum absolute atomic E-state index is 12.2. The Kier molecular flexibility index (Phi) is 6.80. The van der Waals surface area contributed by atoms with E-state index in [1.54, 1.807) is 0 Å². The SMILES string of the molecule is CC(C)CC(CN)C(=O)N(CC(=O)O)C(C)C. The number of carbonyl (C=O) groups is 2. The molecule has 0 aliphatic carbocycles. The van der Waals surface area contributed by atoms with E-state index in [1.165, 1.54) is 4.90 Å². The molecule has 100 valence electrons. The summed E-state index contributed by atoms with van der Waals surface area (Å²) in [6, 6.07) is -0.125. The van der Waals surface area contributed by atoms with Crippen LogP contribution in [0.1, 0.15) is 34.1 Å². The fourth-order valence-electron chi connectivity index (χ4n) is 1.76. The maximum Gasteiger partial charge on any atom is 0.323 e. The number of carboxylic acid groups (broad SMARTS) is 1. The smallest absolute Gasteiger partial charge is 0.323 e. The third-order valence-electron chi connectivity index (χ3n) is 2.60. The van der Waals surface area contributed by atoms with E-state index < -0.39 is 5.97 Å². The lowest BCUT2D eigenvalue weighted by molar-refractivity contribution is -0.147. The number of carboxylic acids is 1. The van der Waals surface area contributed by atoms with Gasteiger partial charge in [-0.05, 0) is 26.2 Å². The van der Waals surface area contributed by atoms with E-state index in [1.807, 2.05) is 27.7 Å². The minimum absolute atomic E-state index is 0.125. The van der Waals surface area contributed by atoms with Gasteiger partial charge in [0.25, 0.3) is 0 Å². The summed E-state index contributed by atoms with van der Waals surface area (Å²) >= 11 is 0. The number of nitrogens with zero attached hydrogens (tertiary/aromatic N) is 1. The zero-order valence-electron chi connectivity index (χ0n) is 11.1. The van der Waals surface area contributed by atoms with Crippen LogP contribution in [0.15, 0.2) is 0 Å². The lowest BCUT2D eigenvalue weighted by Gasteiger charge is -2.29. The third kappa shape index (κ3) is 5.68. The average Bonchev–Trinajstić information content (AvgIpc) is 2.20. The van der Waals surface area contributed by atoms with Gasteiger partial charge in [0, 0.05) is 12.6 Å². The van der Waals surface area contributed by atoms with Crippen molar-refractivity contribution in [3.05, 3.63) is 0 Å². The standard InChI is InChI=1S/C12H24N2O3/c1-8(2)5-10(6-13)12(17)14(9(3)4)7-11(15)16/h8-10H,5-7,13H2,1-4H3,(H,15,16). The van der Waals surface area contributed by atoms with Crippen molar-refractivity contribution in [2.75, 3.05) is 13.1 Å². The quantitative estimate of drug-likeness (QED) is 0.697. The van der Waals surface area contributed by atoms with Crippen molar-refractivity contribution in [2.45, 2.75) is 40.2 Å². The van der Waals surface area contributed by atoms with Crippen LogP contribution >= 0.6 is 0 Å². The molecule has 5 heteroatoms. The summed E-state index contributed by atoms with van der Waals surface area (Å²) < 4.78 is 0. The van der Waals surface area contributed by atoms with E-state index in [2.05, 4.69) is 0 Å². The Morgan fingerprint density at radius 3 is 2.06 bits per heavy atom. The Balaban J connectivity index is 4.72. The van der Waals surface area contributed by atoms with Crippen molar-refractivity contribution in [1.29, 1.82) is 0 Å². The predicted octanol–water partition coefficient (Wildman–Crippen LogP) is 0.929. The summed E-state index contributed by atoms with van der Waals surface area (Å²) in [6.07, 6.45) is 0.693. The maximum atomic E-state index is 12.2. The van der Waals surface area contributed by atoms with Crippen LogP contribution in [0.5, 0.6) is 0 Å². The molecule has 0 radical (unpaired) electrons. The lowest BCUT2D eigenvalue weighted by Crippen LogP contribution is -2.46. The summed E-state index contributed by atoms with van der Waals surface area (Å²) in [5, 5.41) is 8.79. The second-order valence-electron chi connectivity index (χ2n) is 5.02. The van der Waals surface area contributed by atoms with Crippen LogP contribution < -0.4 is 5.73 Å². The van der Waals surface area contributed by atoms with Gasteiger partial charge in [0.2, 0.25) is 5.91 Å². The van der Waals surface area contributed by atoms with Gasteiger partial charge in [0.1, 0.15) is 6.54 Å². The fourth-order valence-corrected chi connectivity index (χ4v) is 1.76. The topological polar surface area (TPSA) is 83.6 Å². The summed E-state index contributed by atoms with van der Waals surface area (Å²) in [5.41, 5.74) is 5.60. The molecule has 0 saturated carbocycles. The summed E-state index contributed by atoms with van der Waals surface area (Å²) in [7, 11) is 0. The molecule has 0 saturated heterocycles. The molecule has 0 aliphatic heterocycles. The Hall–Kier alpha value is -1.10. The van der Waals surface area contributed by atoms with Gasteiger partial charge < -0.3 is 15.7 Å². The van der Waals surface area contributed by atoms with Crippen LogP contribution in [0.3, 0.4) is 0 Å². The highest BCUT2D eigenvalue weighted by Gasteiger charge is 2.27. The molecule has 0 fully saturated rings. The van der Waals surface area contributed by atoms with E-state index in [4.69, 9.17) is 10.8 Å². The van der Waals surface area contributed by atoms with Gasteiger partial charge >= 0.3 is 5.97 Å². The molecule has 1 amide bonds. The summed E-state index contributed by atoms with van der Waals surface area (Å²) in [6.45, 7) is 7.66. The van der Waals surface area contributed by atoms with E-state index in [9.17, 15) is 9.59 Å². The molecule has 1 unspecified atom stereocenters. The molecule has 0 spiro atoms. The van der Waals surface area contributed by atoms with Crippen LogP contribution in [0.4, 0.5) is 0 Å². The molecular weight excluding hydrogens is 220 g/mol. The second-order valence-corrected chi connectivity index (χ2v) is 5.02. The fraction of sp³-hybridized carbons (Fsp3) is 0.833. The van der Waals surface area contributed by atoms with Gasteiger partial charge in [0.05, 0.1) is 5.92 Å². The first-order valence-electron chi connectivity index (χ1n) is 6.01. The van der Waals surface area contributed by atoms with Gasteiger partial charge in [-0.3, -0.25) is 9.59 Å². The highest BCUT2D eigenvalue weighted by atomic mass is 16.4. The van der Waals surface area contributed by atoms with Crippen molar-refractivity contribution < 1.29 is 14.7 Å².